The Labute approximate surface area is 200 Å². The van der Waals surface area contributed by atoms with E-state index in [1.807, 2.05) is 0 Å². The molecular formula is C30H32N2Si. The molecule has 4 rings (SSSR count). The van der Waals surface area contributed by atoms with Gasteiger partial charge in [-0.15, -0.1) is 5.54 Å². The van der Waals surface area contributed by atoms with Gasteiger partial charge in [-0.2, -0.15) is 0 Å². The van der Waals surface area contributed by atoms with Crippen molar-refractivity contribution in [3.05, 3.63) is 107 Å². The van der Waals surface area contributed by atoms with Crippen molar-refractivity contribution in [3.63, 3.8) is 0 Å². The topological polar surface area (TPSA) is 24.1 Å². The van der Waals surface area contributed by atoms with Gasteiger partial charge in [0.1, 0.15) is 0 Å². The highest BCUT2D eigenvalue weighted by molar-refractivity contribution is 6.81. The lowest BCUT2D eigenvalue weighted by atomic mass is 9.95. The van der Waals surface area contributed by atoms with Crippen molar-refractivity contribution in [2.75, 3.05) is 23.7 Å². The van der Waals surface area contributed by atoms with Crippen molar-refractivity contribution >= 4 is 31.3 Å². The second-order valence-corrected chi connectivity index (χ2v) is 10.3. The molecule has 0 saturated heterocycles. The molecular weight excluding hydrogens is 416 g/mol. The van der Waals surface area contributed by atoms with Crippen LogP contribution in [0.1, 0.15) is 43.4 Å². The second kappa shape index (κ2) is 11.4. The van der Waals surface area contributed by atoms with Crippen molar-refractivity contribution in [2.45, 2.75) is 26.7 Å². The van der Waals surface area contributed by atoms with Crippen molar-refractivity contribution in [1.29, 1.82) is 0 Å². The minimum absolute atomic E-state index is 0.966. The highest BCUT2D eigenvalue weighted by atomic mass is 28.3. The van der Waals surface area contributed by atoms with E-state index in [9.17, 15) is 0 Å². The van der Waals surface area contributed by atoms with Gasteiger partial charge in [-0.05, 0) is 53.3 Å². The van der Waals surface area contributed by atoms with E-state index in [0.29, 0.717) is 0 Å². The zero-order valence-electron chi connectivity index (χ0n) is 19.6. The van der Waals surface area contributed by atoms with Gasteiger partial charge < -0.3 is 10.6 Å². The standard InChI is InChI=1S/C30H32N2Si/c1-3-16-31-27-19-24(20-28(21-27)32-17-4-2)15-18-33-22-29(25-11-7-5-8-12-25)30(23-33)26-13-9-6-10-14-26/h5-14,19-23,31-33H,3-4,16-17H2,1-2H3. The van der Waals surface area contributed by atoms with Gasteiger partial charge in [0.15, 0.2) is 8.80 Å². The number of allylic oxidation sites excluding steroid dienone is 2. The van der Waals surface area contributed by atoms with Gasteiger partial charge in [-0.1, -0.05) is 91.8 Å². The van der Waals surface area contributed by atoms with Crippen LogP contribution in [0.5, 0.6) is 0 Å². The van der Waals surface area contributed by atoms with Crippen LogP contribution >= 0.6 is 0 Å². The van der Waals surface area contributed by atoms with Crippen molar-refractivity contribution < 1.29 is 0 Å². The molecule has 0 aromatic heterocycles. The molecule has 0 saturated carbocycles. The largest absolute Gasteiger partial charge is 0.385 e. The van der Waals surface area contributed by atoms with E-state index >= 15 is 0 Å². The SMILES string of the molecule is CCCNc1cc(C#C[SiH]2C=C(c3ccccc3)C(c3ccccc3)=C2)cc(NCCC)c1. The van der Waals surface area contributed by atoms with Crippen LogP contribution in [-0.4, -0.2) is 21.9 Å². The number of hydrogen-bond acceptors (Lipinski definition) is 2. The predicted octanol–water partition coefficient (Wildman–Crippen LogP) is 6.71. The summed E-state index contributed by atoms with van der Waals surface area (Å²) in [7, 11) is -1.51. The summed E-state index contributed by atoms with van der Waals surface area (Å²) >= 11 is 0. The van der Waals surface area contributed by atoms with Crippen LogP contribution in [0.4, 0.5) is 11.4 Å². The molecule has 0 amide bonds. The fourth-order valence-corrected chi connectivity index (χ4v) is 6.08. The zero-order chi connectivity index (χ0) is 22.9. The lowest BCUT2D eigenvalue weighted by Gasteiger charge is -2.10. The third-order valence-corrected chi connectivity index (χ3v) is 7.49. The molecule has 3 heteroatoms. The third-order valence-electron chi connectivity index (χ3n) is 5.63. The van der Waals surface area contributed by atoms with Gasteiger partial charge in [0.05, 0.1) is 0 Å². The molecule has 0 atom stereocenters. The summed E-state index contributed by atoms with van der Waals surface area (Å²) in [5.41, 5.74) is 17.0. The first-order chi connectivity index (χ1) is 16.3. The van der Waals surface area contributed by atoms with Crippen LogP contribution in [0.25, 0.3) is 11.1 Å². The Hall–Kier alpha value is -3.48. The Bertz CT molecular complexity index is 1100. The first kappa shape index (κ1) is 22.7. The fourth-order valence-electron chi connectivity index (χ4n) is 4.02. The predicted molar refractivity (Wildman–Crippen MR) is 147 cm³/mol. The van der Waals surface area contributed by atoms with Gasteiger partial charge in [0.2, 0.25) is 0 Å². The van der Waals surface area contributed by atoms with E-state index in [4.69, 9.17) is 0 Å². The van der Waals surface area contributed by atoms with Crippen LogP contribution in [0.3, 0.4) is 0 Å². The lowest BCUT2D eigenvalue weighted by Crippen LogP contribution is -2.04. The van der Waals surface area contributed by atoms with Crippen LogP contribution < -0.4 is 10.6 Å². The minimum Gasteiger partial charge on any atom is -0.385 e. The van der Waals surface area contributed by atoms with Crippen LogP contribution in [0.15, 0.2) is 90.3 Å². The average Bonchev–Trinajstić information content (AvgIpc) is 3.30. The summed E-state index contributed by atoms with van der Waals surface area (Å²) in [6, 6.07) is 27.9. The van der Waals surface area contributed by atoms with Gasteiger partial charge in [0, 0.05) is 30.0 Å². The fraction of sp³-hybridized carbons (Fsp3) is 0.200. The smallest absolute Gasteiger partial charge is 0.171 e. The molecule has 3 aromatic carbocycles. The summed E-state index contributed by atoms with van der Waals surface area (Å²) in [5.74, 6) is 3.51. The Morgan fingerprint density at radius 1 is 0.667 bits per heavy atom. The summed E-state index contributed by atoms with van der Waals surface area (Å²) in [6.07, 6.45) is 2.20. The molecule has 0 fully saturated rings. The van der Waals surface area contributed by atoms with Crippen LogP contribution in [0, 0.1) is 11.5 Å². The highest BCUT2D eigenvalue weighted by Gasteiger charge is 2.20. The van der Waals surface area contributed by atoms with Crippen molar-refractivity contribution in [2.24, 2.45) is 0 Å². The maximum Gasteiger partial charge on any atom is 0.171 e. The van der Waals surface area contributed by atoms with Crippen LogP contribution in [0.2, 0.25) is 0 Å². The highest BCUT2D eigenvalue weighted by Crippen LogP contribution is 2.35. The average molecular weight is 449 g/mol. The zero-order valence-corrected chi connectivity index (χ0v) is 20.7. The maximum atomic E-state index is 3.64. The van der Waals surface area contributed by atoms with Crippen molar-refractivity contribution in [1.82, 2.24) is 0 Å². The molecule has 1 aliphatic rings. The molecule has 2 N–H and O–H groups in total. The van der Waals surface area contributed by atoms with Gasteiger partial charge >= 0.3 is 0 Å². The van der Waals surface area contributed by atoms with E-state index in [1.54, 1.807) is 0 Å². The molecule has 0 aliphatic carbocycles. The van der Waals surface area contributed by atoms with Gasteiger partial charge in [-0.3, -0.25) is 0 Å². The third kappa shape index (κ3) is 6.06. The molecule has 0 spiro atoms. The molecule has 2 nitrogen and oxygen atoms in total. The summed E-state index contributed by atoms with van der Waals surface area (Å²) in [5, 5.41) is 7.03. The normalized spacial score (nSPS) is 13.0. The molecule has 0 unspecified atom stereocenters. The van der Waals surface area contributed by atoms with E-state index in [2.05, 4.69) is 126 Å². The molecule has 166 valence electrons. The van der Waals surface area contributed by atoms with E-state index in [-0.39, 0.29) is 0 Å². The summed E-state index contributed by atoms with van der Waals surface area (Å²) < 4.78 is 0. The number of anilines is 2. The van der Waals surface area contributed by atoms with E-state index in [1.165, 1.54) is 22.3 Å². The second-order valence-electron chi connectivity index (χ2n) is 8.34. The number of hydrogen-bond donors (Lipinski definition) is 2. The Balaban J connectivity index is 1.66. The van der Waals surface area contributed by atoms with Crippen LogP contribution in [-0.2, 0) is 0 Å². The van der Waals surface area contributed by atoms with E-state index in [0.717, 1.165) is 42.9 Å². The Kier molecular flexibility index (Phi) is 7.84. The Morgan fingerprint density at radius 2 is 1.15 bits per heavy atom. The summed E-state index contributed by atoms with van der Waals surface area (Å²) in [6.45, 7) is 6.31. The van der Waals surface area contributed by atoms with Crippen molar-refractivity contribution in [3.8, 4) is 11.5 Å². The molecule has 1 aliphatic heterocycles. The number of rotatable bonds is 8. The lowest BCUT2D eigenvalue weighted by molar-refractivity contribution is 0.973. The molecule has 0 bridgehead atoms. The minimum atomic E-state index is -1.51. The monoisotopic (exact) mass is 448 g/mol. The molecule has 0 radical (unpaired) electrons. The van der Waals surface area contributed by atoms with Gasteiger partial charge in [-0.25, -0.2) is 0 Å². The maximum absolute atomic E-state index is 3.64. The Morgan fingerprint density at radius 3 is 1.61 bits per heavy atom. The van der Waals surface area contributed by atoms with E-state index < -0.39 is 8.80 Å². The number of nitrogens with one attached hydrogen (secondary N) is 2. The molecule has 3 aromatic rings. The summed E-state index contributed by atoms with van der Waals surface area (Å²) in [4.78, 5) is 0. The quantitative estimate of drug-likeness (QED) is 0.296. The first-order valence-corrected chi connectivity index (χ1v) is 13.9. The molecule has 33 heavy (non-hydrogen) atoms. The number of benzene rings is 3. The van der Waals surface area contributed by atoms with Gasteiger partial charge in [0.25, 0.3) is 0 Å². The first-order valence-electron chi connectivity index (χ1n) is 12.0. The molecule has 1 heterocycles.